The van der Waals surface area contributed by atoms with Crippen LogP contribution in [-0.4, -0.2) is 23.5 Å². The second kappa shape index (κ2) is 4.39. The first-order valence-electron chi connectivity index (χ1n) is 6.22. The first-order chi connectivity index (χ1) is 7.93. The minimum atomic E-state index is -0.173. The highest BCUT2D eigenvalue weighted by molar-refractivity contribution is 5.27. The van der Waals surface area contributed by atoms with Crippen molar-refractivity contribution >= 4 is 0 Å². The van der Waals surface area contributed by atoms with Gasteiger partial charge in [-0.05, 0) is 44.9 Å². The van der Waals surface area contributed by atoms with Crippen LogP contribution in [0.15, 0.2) is 24.3 Å². The molecule has 17 heavy (non-hydrogen) atoms. The smallest absolute Gasteiger partial charge is 0.123 e. The monoisotopic (exact) mass is 236 g/mol. The van der Waals surface area contributed by atoms with Crippen molar-refractivity contribution in [1.29, 1.82) is 0 Å². The lowest BCUT2D eigenvalue weighted by molar-refractivity contribution is 0.117. The molecule has 94 valence electrons. The molecule has 1 saturated heterocycles. The average Bonchev–Trinajstić information content (AvgIpc) is 2.55. The van der Waals surface area contributed by atoms with E-state index in [1.807, 2.05) is 6.07 Å². The zero-order valence-corrected chi connectivity index (χ0v) is 10.8. The highest BCUT2D eigenvalue weighted by atomic mass is 19.1. The Labute approximate surface area is 103 Å². The molecule has 0 bridgehead atoms. The third kappa shape index (κ3) is 2.22. The zero-order valence-electron chi connectivity index (χ0n) is 10.8. The van der Waals surface area contributed by atoms with Gasteiger partial charge in [-0.3, -0.25) is 4.90 Å². The van der Waals surface area contributed by atoms with Crippen molar-refractivity contribution < 1.29 is 4.39 Å². The highest BCUT2D eigenvalue weighted by Gasteiger charge is 2.43. The molecule has 2 rings (SSSR count). The second-order valence-corrected chi connectivity index (χ2v) is 5.49. The Morgan fingerprint density at radius 3 is 2.76 bits per heavy atom. The van der Waals surface area contributed by atoms with E-state index in [0.717, 1.165) is 18.5 Å². The molecule has 0 aromatic heterocycles. The summed E-state index contributed by atoms with van der Waals surface area (Å²) in [5.74, 6) is -0.173. The van der Waals surface area contributed by atoms with Crippen LogP contribution in [0.25, 0.3) is 0 Å². The summed E-state index contributed by atoms with van der Waals surface area (Å²) in [6, 6.07) is 7.48. The number of likely N-dealkylation sites (tertiary alicyclic amines) is 1. The van der Waals surface area contributed by atoms with Gasteiger partial charge in [-0.2, -0.15) is 0 Å². The number of benzene rings is 1. The molecule has 2 atom stereocenters. The molecule has 0 aliphatic carbocycles. The number of hydrogen-bond donors (Lipinski definition) is 1. The van der Waals surface area contributed by atoms with Gasteiger partial charge in [0.25, 0.3) is 0 Å². The SMILES string of the molecule is CC(C)N1CC(N)CC1(C)c1cccc(F)c1. The van der Waals surface area contributed by atoms with Crippen molar-refractivity contribution in [2.75, 3.05) is 6.54 Å². The Morgan fingerprint density at radius 2 is 2.18 bits per heavy atom. The predicted octanol–water partition coefficient (Wildman–Crippen LogP) is 2.48. The topological polar surface area (TPSA) is 29.3 Å². The van der Waals surface area contributed by atoms with Crippen LogP contribution in [0.5, 0.6) is 0 Å². The molecule has 0 spiro atoms. The van der Waals surface area contributed by atoms with Gasteiger partial charge in [0.1, 0.15) is 5.82 Å². The third-order valence-electron chi connectivity index (χ3n) is 3.79. The van der Waals surface area contributed by atoms with Crippen molar-refractivity contribution in [3.63, 3.8) is 0 Å². The number of nitrogens with zero attached hydrogens (tertiary/aromatic N) is 1. The quantitative estimate of drug-likeness (QED) is 0.854. The van der Waals surface area contributed by atoms with Gasteiger partial charge in [-0.1, -0.05) is 12.1 Å². The summed E-state index contributed by atoms with van der Waals surface area (Å²) in [4.78, 5) is 2.37. The van der Waals surface area contributed by atoms with E-state index < -0.39 is 0 Å². The average molecular weight is 236 g/mol. The van der Waals surface area contributed by atoms with Crippen molar-refractivity contribution in [2.45, 2.75) is 44.8 Å². The Morgan fingerprint density at radius 1 is 1.47 bits per heavy atom. The van der Waals surface area contributed by atoms with E-state index >= 15 is 0 Å². The Hall–Kier alpha value is -0.930. The minimum Gasteiger partial charge on any atom is -0.326 e. The van der Waals surface area contributed by atoms with Gasteiger partial charge in [-0.25, -0.2) is 4.39 Å². The molecule has 0 saturated carbocycles. The molecule has 0 amide bonds. The Kier molecular flexibility index (Phi) is 3.23. The molecule has 0 radical (unpaired) electrons. The molecule has 2 N–H and O–H groups in total. The summed E-state index contributed by atoms with van der Waals surface area (Å²) >= 11 is 0. The third-order valence-corrected chi connectivity index (χ3v) is 3.79. The molecule has 1 aliphatic heterocycles. The summed E-state index contributed by atoms with van der Waals surface area (Å²) in [5, 5.41) is 0. The van der Waals surface area contributed by atoms with E-state index in [1.54, 1.807) is 12.1 Å². The van der Waals surface area contributed by atoms with Crippen molar-refractivity contribution in [1.82, 2.24) is 4.90 Å². The van der Waals surface area contributed by atoms with Gasteiger partial charge >= 0.3 is 0 Å². The van der Waals surface area contributed by atoms with Crippen LogP contribution in [0.1, 0.15) is 32.8 Å². The maximum atomic E-state index is 13.4. The maximum Gasteiger partial charge on any atom is 0.123 e. The van der Waals surface area contributed by atoms with Gasteiger partial charge < -0.3 is 5.73 Å². The second-order valence-electron chi connectivity index (χ2n) is 5.49. The van der Waals surface area contributed by atoms with Gasteiger partial charge in [-0.15, -0.1) is 0 Å². The van der Waals surface area contributed by atoms with E-state index in [0.29, 0.717) is 6.04 Å². The molecular weight excluding hydrogens is 215 g/mol. The standard InChI is InChI=1S/C14H21FN2/c1-10(2)17-9-13(16)8-14(17,3)11-5-4-6-12(15)7-11/h4-7,10,13H,8-9,16H2,1-3H3. The molecule has 2 nitrogen and oxygen atoms in total. The van der Waals surface area contributed by atoms with Crippen molar-refractivity contribution in [3.8, 4) is 0 Å². The van der Waals surface area contributed by atoms with Gasteiger partial charge in [0.2, 0.25) is 0 Å². The van der Waals surface area contributed by atoms with Crippen LogP contribution in [0.4, 0.5) is 4.39 Å². The molecule has 3 heteroatoms. The Bertz CT molecular complexity index is 405. The molecule has 2 unspecified atom stereocenters. The zero-order chi connectivity index (χ0) is 12.6. The lowest BCUT2D eigenvalue weighted by atomic mass is 9.88. The van der Waals surface area contributed by atoms with E-state index in [9.17, 15) is 4.39 Å². The predicted molar refractivity (Wildman–Crippen MR) is 68.2 cm³/mol. The fourth-order valence-electron chi connectivity index (χ4n) is 3.03. The first-order valence-corrected chi connectivity index (χ1v) is 6.22. The van der Waals surface area contributed by atoms with Crippen molar-refractivity contribution in [2.24, 2.45) is 5.73 Å². The Balaban J connectivity index is 2.40. The molecule has 1 fully saturated rings. The van der Waals surface area contributed by atoms with Gasteiger partial charge in [0.05, 0.1) is 0 Å². The minimum absolute atomic E-state index is 0.143. The van der Waals surface area contributed by atoms with E-state index in [1.165, 1.54) is 6.07 Å². The summed E-state index contributed by atoms with van der Waals surface area (Å²) in [6.45, 7) is 7.37. The summed E-state index contributed by atoms with van der Waals surface area (Å²) in [5.41, 5.74) is 6.96. The molecule has 1 aromatic rings. The fourth-order valence-corrected chi connectivity index (χ4v) is 3.03. The van der Waals surface area contributed by atoms with Crippen LogP contribution in [0.3, 0.4) is 0 Å². The number of halogens is 1. The lowest BCUT2D eigenvalue weighted by Crippen LogP contribution is -2.43. The number of hydrogen-bond acceptors (Lipinski definition) is 2. The molecule has 1 heterocycles. The molecule has 1 aliphatic rings. The van der Waals surface area contributed by atoms with Gasteiger partial charge in [0, 0.05) is 24.2 Å². The van der Waals surface area contributed by atoms with Crippen LogP contribution >= 0.6 is 0 Å². The van der Waals surface area contributed by atoms with Crippen LogP contribution in [-0.2, 0) is 5.54 Å². The molecule has 1 aromatic carbocycles. The molecular formula is C14H21FN2. The summed E-state index contributed by atoms with van der Waals surface area (Å²) < 4.78 is 13.4. The van der Waals surface area contributed by atoms with Crippen molar-refractivity contribution in [3.05, 3.63) is 35.6 Å². The van der Waals surface area contributed by atoms with Crippen LogP contribution < -0.4 is 5.73 Å². The number of rotatable bonds is 2. The highest BCUT2D eigenvalue weighted by Crippen LogP contribution is 2.39. The normalized spacial score (nSPS) is 30.1. The van der Waals surface area contributed by atoms with Crippen LogP contribution in [0, 0.1) is 5.82 Å². The lowest BCUT2D eigenvalue weighted by Gasteiger charge is -2.38. The van der Waals surface area contributed by atoms with E-state index in [2.05, 4.69) is 25.7 Å². The summed E-state index contributed by atoms with van der Waals surface area (Å²) in [6.07, 6.45) is 0.884. The fraction of sp³-hybridized carbons (Fsp3) is 0.571. The van der Waals surface area contributed by atoms with E-state index in [-0.39, 0.29) is 17.4 Å². The largest absolute Gasteiger partial charge is 0.326 e. The maximum absolute atomic E-state index is 13.4. The number of nitrogens with two attached hydrogens (primary N) is 1. The first kappa shape index (κ1) is 12.5. The summed E-state index contributed by atoms with van der Waals surface area (Å²) in [7, 11) is 0. The van der Waals surface area contributed by atoms with E-state index in [4.69, 9.17) is 5.73 Å². The van der Waals surface area contributed by atoms with Crippen LogP contribution in [0.2, 0.25) is 0 Å². The van der Waals surface area contributed by atoms with Gasteiger partial charge in [0.15, 0.2) is 0 Å².